The van der Waals surface area contributed by atoms with Crippen LogP contribution in [0.2, 0.25) is 0 Å². The largest absolute Gasteiger partial charge is 0.488 e. The van der Waals surface area contributed by atoms with Crippen molar-refractivity contribution in [1.29, 1.82) is 0 Å². The van der Waals surface area contributed by atoms with Crippen molar-refractivity contribution in [2.24, 2.45) is 0 Å². The second-order valence-corrected chi connectivity index (χ2v) is 4.92. The molecule has 0 radical (unpaired) electrons. The van der Waals surface area contributed by atoms with Gasteiger partial charge in [0, 0.05) is 5.56 Å². The number of nitrogens with one attached hydrogen (secondary N) is 2. The molecule has 0 aliphatic carbocycles. The lowest BCUT2D eigenvalue weighted by molar-refractivity contribution is -0.115. The van der Waals surface area contributed by atoms with Gasteiger partial charge in [0.05, 0.1) is 0 Å². The first-order valence-corrected chi connectivity index (χ1v) is 6.92. The van der Waals surface area contributed by atoms with Gasteiger partial charge in [0.15, 0.2) is 0 Å². The van der Waals surface area contributed by atoms with Crippen molar-refractivity contribution in [3.63, 3.8) is 0 Å². The summed E-state index contributed by atoms with van der Waals surface area (Å²) < 4.78 is 18.6. The first-order valence-electron chi connectivity index (χ1n) is 6.92. The zero-order valence-electron chi connectivity index (χ0n) is 12.0. The standard InChI is InChI=1S/C17H13FN2O3/c18-13-7-5-11(6-8-13)10-23-15-4-2-1-3-12(15)9-14-16(21)20-17(22)19-14/h1-9H,10H2,(H2,19,20,21,22)/b14-9-. The molecule has 0 bridgehead atoms. The summed E-state index contributed by atoms with van der Waals surface area (Å²) in [6.07, 6.45) is 1.54. The highest BCUT2D eigenvalue weighted by Gasteiger charge is 2.23. The van der Waals surface area contributed by atoms with Crippen LogP contribution in [-0.4, -0.2) is 11.9 Å². The molecule has 116 valence electrons. The predicted molar refractivity (Wildman–Crippen MR) is 81.8 cm³/mol. The molecular weight excluding hydrogens is 299 g/mol. The van der Waals surface area contributed by atoms with Crippen molar-refractivity contribution in [3.8, 4) is 5.75 Å². The van der Waals surface area contributed by atoms with Gasteiger partial charge in [0.1, 0.15) is 23.9 Å². The fourth-order valence-electron chi connectivity index (χ4n) is 2.11. The zero-order chi connectivity index (χ0) is 16.2. The van der Waals surface area contributed by atoms with Gasteiger partial charge in [-0.25, -0.2) is 9.18 Å². The molecule has 1 heterocycles. The third kappa shape index (κ3) is 3.55. The van der Waals surface area contributed by atoms with Gasteiger partial charge in [-0.2, -0.15) is 0 Å². The summed E-state index contributed by atoms with van der Waals surface area (Å²) in [5, 5.41) is 4.56. The summed E-state index contributed by atoms with van der Waals surface area (Å²) in [4.78, 5) is 22.7. The molecule has 0 unspecified atom stereocenters. The molecule has 0 aromatic heterocycles. The predicted octanol–water partition coefficient (Wildman–Crippen LogP) is 2.58. The van der Waals surface area contributed by atoms with Crippen molar-refractivity contribution < 1.29 is 18.7 Å². The van der Waals surface area contributed by atoms with Crippen molar-refractivity contribution >= 4 is 18.0 Å². The Morgan fingerprint density at radius 2 is 1.74 bits per heavy atom. The Morgan fingerprint density at radius 1 is 1.00 bits per heavy atom. The highest BCUT2D eigenvalue weighted by molar-refractivity contribution is 6.14. The summed E-state index contributed by atoms with van der Waals surface area (Å²) >= 11 is 0. The SMILES string of the molecule is O=C1NC(=O)/C(=C/c2ccccc2OCc2ccc(F)cc2)N1. The summed E-state index contributed by atoms with van der Waals surface area (Å²) in [6.45, 7) is 0.263. The molecule has 6 heteroatoms. The minimum absolute atomic E-state index is 0.160. The van der Waals surface area contributed by atoms with E-state index in [2.05, 4.69) is 10.6 Å². The van der Waals surface area contributed by atoms with Crippen LogP contribution in [0.25, 0.3) is 6.08 Å². The topological polar surface area (TPSA) is 67.4 Å². The summed E-state index contributed by atoms with van der Waals surface area (Å²) in [5.41, 5.74) is 1.63. The molecular formula is C17H13FN2O3. The molecule has 1 aliphatic rings. The maximum Gasteiger partial charge on any atom is 0.326 e. The molecule has 0 saturated carbocycles. The number of carbonyl (C=O) groups excluding carboxylic acids is 2. The van der Waals surface area contributed by atoms with E-state index < -0.39 is 11.9 Å². The molecule has 23 heavy (non-hydrogen) atoms. The molecule has 1 saturated heterocycles. The molecule has 5 nitrogen and oxygen atoms in total. The van der Waals surface area contributed by atoms with E-state index in [1.807, 2.05) is 0 Å². The molecule has 2 aromatic rings. The number of rotatable bonds is 4. The lowest BCUT2D eigenvalue weighted by atomic mass is 10.1. The molecule has 3 rings (SSSR count). The number of amides is 3. The van der Waals surface area contributed by atoms with Crippen LogP contribution in [0.5, 0.6) is 5.75 Å². The van der Waals surface area contributed by atoms with Gasteiger partial charge in [-0.3, -0.25) is 10.1 Å². The Hall–Kier alpha value is -3.15. The third-order valence-electron chi connectivity index (χ3n) is 3.25. The zero-order valence-corrected chi connectivity index (χ0v) is 12.0. The molecule has 0 atom stereocenters. The Labute approximate surface area is 131 Å². The number of ether oxygens (including phenoxy) is 1. The Balaban J connectivity index is 1.78. The first-order chi connectivity index (χ1) is 11.1. The van der Waals surface area contributed by atoms with Crippen LogP contribution in [0, 0.1) is 5.82 Å². The quantitative estimate of drug-likeness (QED) is 0.673. The van der Waals surface area contributed by atoms with Gasteiger partial charge < -0.3 is 10.1 Å². The van der Waals surface area contributed by atoms with E-state index in [9.17, 15) is 14.0 Å². The van der Waals surface area contributed by atoms with E-state index in [4.69, 9.17) is 4.74 Å². The van der Waals surface area contributed by atoms with E-state index >= 15 is 0 Å². The van der Waals surface area contributed by atoms with Gasteiger partial charge in [-0.15, -0.1) is 0 Å². The Kier molecular flexibility index (Phi) is 4.05. The third-order valence-corrected chi connectivity index (χ3v) is 3.25. The maximum absolute atomic E-state index is 12.9. The van der Waals surface area contributed by atoms with Crippen LogP contribution < -0.4 is 15.4 Å². The van der Waals surface area contributed by atoms with Gasteiger partial charge in [0.25, 0.3) is 5.91 Å². The minimum Gasteiger partial charge on any atom is -0.488 e. The summed E-state index contributed by atoms with van der Waals surface area (Å²) in [5.74, 6) is -0.233. The monoisotopic (exact) mass is 312 g/mol. The summed E-state index contributed by atoms with van der Waals surface area (Å²) in [6, 6.07) is 12.6. The average molecular weight is 312 g/mol. The smallest absolute Gasteiger partial charge is 0.326 e. The highest BCUT2D eigenvalue weighted by Crippen LogP contribution is 2.22. The highest BCUT2D eigenvalue weighted by atomic mass is 19.1. The Bertz CT molecular complexity index is 785. The van der Waals surface area contributed by atoms with Crippen LogP contribution in [0.4, 0.5) is 9.18 Å². The maximum atomic E-state index is 12.9. The minimum atomic E-state index is -0.550. The molecule has 0 spiro atoms. The van der Waals surface area contributed by atoms with E-state index in [-0.39, 0.29) is 18.1 Å². The van der Waals surface area contributed by atoms with Crippen LogP contribution in [0.1, 0.15) is 11.1 Å². The van der Waals surface area contributed by atoms with Gasteiger partial charge in [0.2, 0.25) is 0 Å². The van der Waals surface area contributed by atoms with Gasteiger partial charge >= 0.3 is 6.03 Å². The lowest BCUT2D eigenvalue weighted by Crippen LogP contribution is -2.22. The van der Waals surface area contributed by atoms with E-state index in [0.717, 1.165) is 5.56 Å². The van der Waals surface area contributed by atoms with E-state index in [1.54, 1.807) is 42.5 Å². The second-order valence-electron chi connectivity index (χ2n) is 4.92. The van der Waals surface area contributed by atoms with Crippen molar-refractivity contribution in [1.82, 2.24) is 10.6 Å². The number of benzene rings is 2. The van der Waals surface area contributed by atoms with Gasteiger partial charge in [-0.05, 0) is 29.8 Å². The van der Waals surface area contributed by atoms with Crippen molar-refractivity contribution in [3.05, 3.63) is 71.2 Å². The molecule has 1 fully saturated rings. The Morgan fingerprint density at radius 3 is 2.43 bits per heavy atom. The molecule has 2 aromatic carbocycles. The van der Waals surface area contributed by atoms with E-state index in [0.29, 0.717) is 11.3 Å². The summed E-state index contributed by atoms with van der Waals surface area (Å²) in [7, 11) is 0. The number of hydrogen-bond donors (Lipinski definition) is 2. The van der Waals surface area contributed by atoms with Crippen LogP contribution in [0.15, 0.2) is 54.2 Å². The van der Waals surface area contributed by atoms with Crippen molar-refractivity contribution in [2.45, 2.75) is 6.61 Å². The molecule has 3 amide bonds. The number of imide groups is 1. The number of urea groups is 1. The molecule has 2 N–H and O–H groups in total. The number of halogens is 1. The van der Waals surface area contributed by atoms with E-state index in [1.165, 1.54) is 12.1 Å². The van der Waals surface area contributed by atoms with Crippen LogP contribution >= 0.6 is 0 Å². The number of hydrogen-bond acceptors (Lipinski definition) is 3. The fraction of sp³-hybridized carbons (Fsp3) is 0.0588. The second kappa shape index (κ2) is 6.31. The van der Waals surface area contributed by atoms with Crippen LogP contribution in [-0.2, 0) is 11.4 Å². The lowest BCUT2D eigenvalue weighted by Gasteiger charge is -2.09. The first kappa shape index (κ1) is 14.8. The van der Waals surface area contributed by atoms with Crippen LogP contribution in [0.3, 0.4) is 0 Å². The fourth-order valence-corrected chi connectivity index (χ4v) is 2.11. The van der Waals surface area contributed by atoms with Crippen molar-refractivity contribution in [2.75, 3.05) is 0 Å². The number of para-hydroxylation sites is 1. The average Bonchev–Trinajstić information content (AvgIpc) is 2.86. The van der Waals surface area contributed by atoms with Gasteiger partial charge in [-0.1, -0.05) is 30.3 Å². The molecule has 1 aliphatic heterocycles. The number of carbonyl (C=O) groups is 2. The normalized spacial score (nSPS) is 15.4.